The molecule has 0 bridgehead atoms. The first kappa shape index (κ1) is 13.0. The first-order chi connectivity index (χ1) is 9.56. The zero-order valence-corrected chi connectivity index (χ0v) is 11.6. The van der Waals surface area contributed by atoms with Crippen LogP contribution in [0.2, 0.25) is 0 Å². The summed E-state index contributed by atoms with van der Waals surface area (Å²) in [6, 6.07) is 9.05. The van der Waals surface area contributed by atoms with Crippen molar-refractivity contribution in [3.8, 4) is 0 Å². The number of carbonyl (C=O) groups is 1. The van der Waals surface area contributed by atoms with Gasteiger partial charge >= 0.3 is 5.97 Å². The van der Waals surface area contributed by atoms with Crippen LogP contribution < -0.4 is 0 Å². The number of rotatable bonds is 1. The second-order valence-electron chi connectivity index (χ2n) is 4.23. The predicted octanol–water partition coefficient (Wildman–Crippen LogP) is 4.40. The molecule has 1 heterocycles. The van der Waals surface area contributed by atoms with Crippen LogP contribution in [0.25, 0.3) is 11.8 Å². The fraction of sp³-hybridized carbons (Fsp3) is 0. The van der Waals surface area contributed by atoms with Gasteiger partial charge in [-0.1, -0.05) is 28.1 Å². The highest BCUT2D eigenvalue weighted by molar-refractivity contribution is 9.10. The third kappa shape index (κ3) is 2.14. The van der Waals surface area contributed by atoms with E-state index in [2.05, 4.69) is 15.9 Å². The molecule has 2 aromatic carbocycles. The smallest absolute Gasteiger partial charge is 0.347 e. The molecule has 0 saturated heterocycles. The Morgan fingerprint density at radius 2 is 1.75 bits per heavy atom. The standard InChI is InChI=1S/C15H7BrF2O2/c16-9-3-1-2-8(6-9)7-12-13-10(17)4-5-11(18)14(13)15(19)20-12/h1-7H/b12-7+. The van der Waals surface area contributed by atoms with E-state index in [-0.39, 0.29) is 16.9 Å². The average molecular weight is 337 g/mol. The van der Waals surface area contributed by atoms with Gasteiger partial charge < -0.3 is 4.74 Å². The van der Waals surface area contributed by atoms with E-state index in [4.69, 9.17) is 4.74 Å². The van der Waals surface area contributed by atoms with E-state index in [0.29, 0.717) is 5.56 Å². The lowest BCUT2D eigenvalue weighted by atomic mass is 10.1. The van der Waals surface area contributed by atoms with Crippen LogP contribution in [0.1, 0.15) is 21.5 Å². The minimum absolute atomic E-state index is 0.0140. The van der Waals surface area contributed by atoms with Crippen molar-refractivity contribution in [3.05, 3.63) is 69.2 Å². The normalized spacial score (nSPS) is 15.3. The van der Waals surface area contributed by atoms with Crippen LogP contribution in [0, 0.1) is 11.6 Å². The molecule has 0 fully saturated rings. The Hall–Kier alpha value is -2.01. The van der Waals surface area contributed by atoms with E-state index in [1.807, 2.05) is 6.07 Å². The first-order valence-electron chi connectivity index (χ1n) is 5.74. The van der Waals surface area contributed by atoms with Crippen molar-refractivity contribution >= 4 is 33.7 Å². The number of esters is 1. The summed E-state index contributed by atoms with van der Waals surface area (Å²) in [6.45, 7) is 0. The number of carbonyl (C=O) groups excluding carboxylic acids is 1. The summed E-state index contributed by atoms with van der Waals surface area (Å²) in [7, 11) is 0. The fourth-order valence-electron chi connectivity index (χ4n) is 2.04. The van der Waals surface area contributed by atoms with Gasteiger partial charge in [-0.15, -0.1) is 0 Å². The average Bonchev–Trinajstić information content (AvgIpc) is 2.72. The number of fused-ring (bicyclic) bond motifs is 1. The maximum Gasteiger partial charge on any atom is 0.347 e. The van der Waals surface area contributed by atoms with Crippen molar-refractivity contribution in [2.24, 2.45) is 0 Å². The van der Waals surface area contributed by atoms with Gasteiger partial charge in [0.25, 0.3) is 0 Å². The molecule has 1 aliphatic rings. The SMILES string of the molecule is O=C1O/C(=C/c2cccc(Br)c2)c2c(F)ccc(F)c21. The Morgan fingerprint density at radius 3 is 2.45 bits per heavy atom. The highest BCUT2D eigenvalue weighted by Gasteiger charge is 2.32. The zero-order valence-electron chi connectivity index (χ0n) is 9.99. The molecule has 0 aromatic heterocycles. The maximum absolute atomic E-state index is 13.8. The molecule has 0 unspecified atom stereocenters. The van der Waals surface area contributed by atoms with Gasteiger partial charge in [-0.3, -0.25) is 0 Å². The Labute approximate surface area is 121 Å². The highest BCUT2D eigenvalue weighted by Crippen LogP contribution is 2.35. The minimum atomic E-state index is -0.877. The largest absolute Gasteiger partial charge is 0.422 e. The van der Waals surface area contributed by atoms with Crippen molar-refractivity contribution in [1.29, 1.82) is 0 Å². The first-order valence-corrected chi connectivity index (χ1v) is 6.53. The van der Waals surface area contributed by atoms with Crippen molar-refractivity contribution < 1.29 is 18.3 Å². The van der Waals surface area contributed by atoms with Crippen molar-refractivity contribution in [1.82, 2.24) is 0 Å². The van der Waals surface area contributed by atoms with Gasteiger partial charge in [0.2, 0.25) is 0 Å². The maximum atomic E-state index is 13.8. The molecule has 0 saturated carbocycles. The second-order valence-corrected chi connectivity index (χ2v) is 5.15. The minimum Gasteiger partial charge on any atom is -0.422 e. The van der Waals surface area contributed by atoms with Gasteiger partial charge in [-0.2, -0.15) is 0 Å². The molecule has 20 heavy (non-hydrogen) atoms. The molecule has 0 spiro atoms. The summed E-state index contributed by atoms with van der Waals surface area (Å²) in [6.07, 6.45) is 1.50. The summed E-state index contributed by atoms with van der Waals surface area (Å²) in [5, 5.41) is 0. The van der Waals surface area contributed by atoms with Crippen LogP contribution in [0.4, 0.5) is 8.78 Å². The number of benzene rings is 2. The van der Waals surface area contributed by atoms with Gasteiger partial charge in [-0.25, -0.2) is 13.6 Å². The number of hydrogen-bond acceptors (Lipinski definition) is 2. The molecule has 0 N–H and O–H groups in total. The molecule has 3 rings (SSSR count). The van der Waals surface area contributed by atoms with E-state index in [9.17, 15) is 13.6 Å². The van der Waals surface area contributed by atoms with E-state index in [1.54, 1.807) is 18.2 Å². The molecule has 2 aromatic rings. The van der Waals surface area contributed by atoms with Crippen LogP contribution in [0.5, 0.6) is 0 Å². The lowest BCUT2D eigenvalue weighted by Gasteiger charge is -2.01. The summed E-state index contributed by atoms with van der Waals surface area (Å²) in [5.74, 6) is -2.34. The molecule has 0 aliphatic carbocycles. The van der Waals surface area contributed by atoms with Crippen LogP contribution in [-0.4, -0.2) is 5.97 Å². The second kappa shape index (κ2) is 4.83. The number of hydrogen-bond donors (Lipinski definition) is 0. The number of halogens is 3. The fourth-order valence-corrected chi connectivity index (χ4v) is 2.46. The third-order valence-corrected chi connectivity index (χ3v) is 3.40. The molecule has 0 atom stereocenters. The van der Waals surface area contributed by atoms with Gasteiger partial charge in [0, 0.05) is 4.47 Å². The lowest BCUT2D eigenvalue weighted by molar-refractivity contribution is 0.0713. The predicted molar refractivity (Wildman–Crippen MR) is 73.8 cm³/mol. The van der Waals surface area contributed by atoms with E-state index >= 15 is 0 Å². The van der Waals surface area contributed by atoms with Crippen LogP contribution in [-0.2, 0) is 4.74 Å². The van der Waals surface area contributed by atoms with Crippen molar-refractivity contribution in [2.45, 2.75) is 0 Å². The molecule has 100 valence electrons. The Bertz CT molecular complexity index is 754. The van der Waals surface area contributed by atoms with Crippen LogP contribution in [0.15, 0.2) is 40.9 Å². The third-order valence-electron chi connectivity index (χ3n) is 2.90. The quantitative estimate of drug-likeness (QED) is 0.721. The Balaban J connectivity index is 2.16. The summed E-state index contributed by atoms with van der Waals surface area (Å²) in [5.41, 5.74) is 0.222. The topological polar surface area (TPSA) is 26.3 Å². The molecule has 1 aliphatic heterocycles. The van der Waals surface area contributed by atoms with Gasteiger partial charge in [0.15, 0.2) is 0 Å². The summed E-state index contributed by atoms with van der Waals surface area (Å²) >= 11 is 3.31. The van der Waals surface area contributed by atoms with E-state index in [0.717, 1.165) is 16.6 Å². The summed E-state index contributed by atoms with van der Waals surface area (Å²) in [4.78, 5) is 11.6. The Morgan fingerprint density at radius 1 is 1.05 bits per heavy atom. The number of ether oxygens (including phenoxy) is 1. The molecule has 5 heteroatoms. The number of cyclic esters (lactones) is 1. The molecular weight excluding hydrogens is 330 g/mol. The van der Waals surface area contributed by atoms with Gasteiger partial charge in [0.1, 0.15) is 23.0 Å². The van der Waals surface area contributed by atoms with Crippen LogP contribution in [0.3, 0.4) is 0 Å². The van der Waals surface area contributed by atoms with Crippen molar-refractivity contribution in [2.75, 3.05) is 0 Å². The van der Waals surface area contributed by atoms with Gasteiger partial charge in [0.05, 0.1) is 5.56 Å². The van der Waals surface area contributed by atoms with Crippen molar-refractivity contribution in [3.63, 3.8) is 0 Å². The Kier molecular flexibility index (Phi) is 3.14. The van der Waals surface area contributed by atoms with E-state index < -0.39 is 17.6 Å². The van der Waals surface area contributed by atoms with Gasteiger partial charge in [-0.05, 0) is 35.9 Å². The molecule has 0 amide bonds. The molecule has 0 radical (unpaired) electrons. The molecule has 2 nitrogen and oxygen atoms in total. The van der Waals surface area contributed by atoms with Crippen LogP contribution >= 0.6 is 15.9 Å². The summed E-state index contributed by atoms with van der Waals surface area (Å²) < 4.78 is 33.2. The zero-order chi connectivity index (χ0) is 14.3. The lowest BCUT2D eigenvalue weighted by Crippen LogP contribution is -1.98. The monoisotopic (exact) mass is 336 g/mol. The molecular formula is C15H7BrF2O2. The highest BCUT2D eigenvalue weighted by atomic mass is 79.9. The van der Waals surface area contributed by atoms with E-state index in [1.165, 1.54) is 6.08 Å².